The molecule has 0 spiro atoms. The summed E-state index contributed by atoms with van der Waals surface area (Å²) in [6.45, 7) is 1.80. The van der Waals surface area contributed by atoms with Gasteiger partial charge in [-0.1, -0.05) is 6.07 Å². The minimum Gasteiger partial charge on any atom is -0.387 e. The first-order chi connectivity index (χ1) is 6.86. The Labute approximate surface area is 88.8 Å². The highest BCUT2D eigenvalue weighted by Crippen LogP contribution is 2.20. The molecule has 1 aromatic carbocycles. The fraction of sp³-hybridized carbons (Fsp3) is 0.333. The van der Waals surface area contributed by atoms with Gasteiger partial charge >= 0.3 is 0 Å². The van der Waals surface area contributed by atoms with Crippen molar-refractivity contribution in [3.8, 4) is 0 Å². The van der Waals surface area contributed by atoms with Gasteiger partial charge < -0.3 is 10.8 Å². The van der Waals surface area contributed by atoms with Crippen molar-refractivity contribution in [3.63, 3.8) is 0 Å². The average Bonchev–Trinajstić information content (AvgIpc) is 2.15. The zero-order valence-electron chi connectivity index (χ0n) is 8.34. The van der Waals surface area contributed by atoms with Crippen LogP contribution in [0.5, 0.6) is 0 Å². The Kier molecular flexibility index (Phi) is 3.46. The average molecular weight is 230 g/mol. The van der Waals surface area contributed by atoms with Crippen molar-refractivity contribution in [1.82, 2.24) is 0 Å². The number of rotatable bonds is 3. The molecule has 0 aromatic heterocycles. The minimum atomic E-state index is -3.74. The second-order valence-corrected chi connectivity index (χ2v) is 4.88. The molecule has 0 aliphatic rings. The SMILES string of the molecule is Cc1ccc(S(N)(=O)=O)cc1C(O)CN. The van der Waals surface area contributed by atoms with Crippen LogP contribution in [0.3, 0.4) is 0 Å². The number of benzene rings is 1. The Morgan fingerprint density at radius 1 is 1.47 bits per heavy atom. The summed E-state index contributed by atoms with van der Waals surface area (Å²) in [6.07, 6.45) is -0.869. The molecule has 0 fully saturated rings. The van der Waals surface area contributed by atoms with Gasteiger partial charge in [-0.3, -0.25) is 0 Å². The summed E-state index contributed by atoms with van der Waals surface area (Å²) >= 11 is 0. The quantitative estimate of drug-likeness (QED) is 0.658. The molecule has 15 heavy (non-hydrogen) atoms. The molecular weight excluding hydrogens is 216 g/mol. The zero-order chi connectivity index (χ0) is 11.6. The van der Waals surface area contributed by atoms with Crippen molar-refractivity contribution in [1.29, 1.82) is 0 Å². The van der Waals surface area contributed by atoms with Crippen molar-refractivity contribution in [2.45, 2.75) is 17.9 Å². The second kappa shape index (κ2) is 4.28. The van der Waals surface area contributed by atoms with E-state index >= 15 is 0 Å². The van der Waals surface area contributed by atoms with Crippen molar-refractivity contribution in [3.05, 3.63) is 29.3 Å². The summed E-state index contributed by atoms with van der Waals surface area (Å²) in [5.41, 5.74) is 6.57. The van der Waals surface area contributed by atoms with Gasteiger partial charge in [0.25, 0.3) is 0 Å². The molecule has 84 valence electrons. The Morgan fingerprint density at radius 3 is 2.53 bits per heavy atom. The van der Waals surface area contributed by atoms with Crippen LogP contribution in [0.1, 0.15) is 17.2 Å². The number of hydrogen-bond donors (Lipinski definition) is 3. The highest BCUT2D eigenvalue weighted by molar-refractivity contribution is 7.89. The summed E-state index contributed by atoms with van der Waals surface area (Å²) in [6, 6.07) is 4.34. The second-order valence-electron chi connectivity index (χ2n) is 3.31. The number of sulfonamides is 1. The lowest BCUT2D eigenvalue weighted by Gasteiger charge is -2.12. The molecule has 1 rings (SSSR count). The van der Waals surface area contributed by atoms with E-state index in [1.807, 2.05) is 0 Å². The van der Waals surface area contributed by atoms with E-state index < -0.39 is 16.1 Å². The largest absolute Gasteiger partial charge is 0.387 e. The van der Waals surface area contributed by atoms with Gasteiger partial charge in [0.1, 0.15) is 0 Å². The molecule has 1 unspecified atom stereocenters. The van der Waals surface area contributed by atoms with Crippen molar-refractivity contribution in [2.75, 3.05) is 6.54 Å². The predicted molar refractivity (Wildman–Crippen MR) is 56.6 cm³/mol. The molecule has 0 bridgehead atoms. The van der Waals surface area contributed by atoms with E-state index in [0.717, 1.165) is 5.56 Å². The number of aliphatic hydroxyl groups excluding tert-OH is 1. The number of aryl methyl sites for hydroxylation is 1. The van der Waals surface area contributed by atoms with E-state index in [0.29, 0.717) is 5.56 Å². The van der Waals surface area contributed by atoms with Crippen molar-refractivity contribution in [2.24, 2.45) is 10.9 Å². The standard InChI is InChI=1S/C9H14N2O3S/c1-6-2-3-7(15(11,13)14)4-8(6)9(12)5-10/h2-4,9,12H,5,10H2,1H3,(H2,11,13,14). The van der Waals surface area contributed by atoms with E-state index in [1.54, 1.807) is 13.0 Å². The maximum Gasteiger partial charge on any atom is 0.238 e. The molecule has 0 heterocycles. The Morgan fingerprint density at radius 2 is 2.07 bits per heavy atom. The van der Waals surface area contributed by atoms with E-state index in [-0.39, 0.29) is 11.4 Å². The maximum absolute atomic E-state index is 11.1. The van der Waals surface area contributed by atoms with E-state index in [4.69, 9.17) is 10.9 Å². The van der Waals surface area contributed by atoms with Crippen LogP contribution in [0.2, 0.25) is 0 Å². The van der Waals surface area contributed by atoms with Gasteiger partial charge in [0.2, 0.25) is 10.0 Å². The molecule has 0 aliphatic heterocycles. The Balaban J connectivity index is 3.29. The molecular formula is C9H14N2O3S. The highest BCUT2D eigenvalue weighted by Gasteiger charge is 2.13. The predicted octanol–water partition coefficient (Wildman–Crippen LogP) is -0.365. The number of hydrogen-bond acceptors (Lipinski definition) is 4. The number of aliphatic hydroxyl groups is 1. The molecule has 6 heteroatoms. The number of nitrogens with two attached hydrogens (primary N) is 2. The fourth-order valence-corrected chi connectivity index (χ4v) is 1.83. The lowest BCUT2D eigenvalue weighted by atomic mass is 10.0. The smallest absolute Gasteiger partial charge is 0.238 e. The van der Waals surface area contributed by atoms with Crippen molar-refractivity contribution >= 4 is 10.0 Å². The summed E-state index contributed by atoms with van der Waals surface area (Å²) in [5.74, 6) is 0. The van der Waals surface area contributed by atoms with Crippen LogP contribution < -0.4 is 10.9 Å². The first-order valence-corrected chi connectivity index (χ1v) is 5.92. The molecule has 5 N–H and O–H groups in total. The summed E-state index contributed by atoms with van der Waals surface area (Å²) in [5, 5.41) is 14.5. The summed E-state index contributed by atoms with van der Waals surface area (Å²) in [4.78, 5) is -0.0180. The summed E-state index contributed by atoms with van der Waals surface area (Å²) < 4.78 is 22.1. The van der Waals surface area contributed by atoms with Crippen LogP contribution >= 0.6 is 0 Å². The van der Waals surface area contributed by atoms with E-state index in [1.165, 1.54) is 12.1 Å². The lowest BCUT2D eigenvalue weighted by Crippen LogP contribution is -2.16. The molecule has 0 aliphatic carbocycles. The topological polar surface area (TPSA) is 106 Å². The molecule has 0 saturated carbocycles. The maximum atomic E-state index is 11.1. The molecule has 0 amide bonds. The molecule has 1 atom stereocenters. The molecule has 0 saturated heterocycles. The Bertz CT molecular complexity index is 456. The zero-order valence-corrected chi connectivity index (χ0v) is 9.16. The normalized spacial score (nSPS) is 13.9. The summed E-state index contributed by atoms with van der Waals surface area (Å²) in [7, 11) is -3.74. The molecule has 1 aromatic rings. The van der Waals surface area contributed by atoms with Gasteiger partial charge in [-0.25, -0.2) is 13.6 Å². The molecule has 0 radical (unpaired) electrons. The van der Waals surface area contributed by atoms with Crippen LogP contribution in [0.25, 0.3) is 0 Å². The van der Waals surface area contributed by atoms with Crippen LogP contribution in [0.4, 0.5) is 0 Å². The fourth-order valence-electron chi connectivity index (χ4n) is 1.28. The third-order valence-corrected chi connectivity index (χ3v) is 3.07. The first-order valence-electron chi connectivity index (χ1n) is 4.37. The number of primary sulfonamides is 1. The van der Waals surface area contributed by atoms with Gasteiger partial charge in [-0.2, -0.15) is 0 Å². The lowest BCUT2D eigenvalue weighted by molar-refractivity contribution is 0.186. The van der Waals surface area contributed by atoms with Gasteiger partial charge in [-0.05, 0) is 30.2 Å². The van der Waals surface area contributed by atoms with Crippen LogP contribution in [-0.2, 0) is 10.0 Å². The monoisotopic (exact) mass is 230 g/mol. The highest BCUT2D eigenvalue weighted by atomic mass is 32.2. The van der Waals surface area contributed by atoms with E-state index in [9.17, 15) is 13.5 Å². The van der Waals surface area contributed by atoms with Gasteiger partial charge in [0.05, 0.1) is 11.0 Å². The van der Waals surface area contributed by atoms with Crippen LogP contribution in [-0.4, -0.2) is 20.1 Å². The van der Waals surface area contributed by atoms with Gasteiger partial charge in [-0.15, -0.1) is 0 Å². The molecule has 5 nitrogen and oxygen atoms in total. The van der Waals surface area contributed by atoms with E-state index in [2.05, 4.69) is 0 Å². The van der Waals surface area contributed by atoms with Crippen LogP contribution in [0.15, 0.2) is 23.1 Å². The van der Waals surface area contributed by atoms with Gasteiger partial charge in [0.15, 0.2) is 0 Å². The van der Waals surface area contributed by atoms with Crippen molar-refractivity contribution < 1.29 is 13.5 Å². The Hall–Kier alpha value is -0.950. The third kappa shape index (κ3) is 2.75. The first kappa shape index (κ1) is 12.1. The minimum absolute atomic E-state index is 0.0180. The van der Waals surface area contributed by atoms with Gasteiger partial charge in [0, 0.05) is 6.54 Å². The third-order valence-electron chi connectivity index (χ3n) is 2.16. The van der Waals surface area contributed by atoms with Crippen LogP contribution in [0, 0.1) is 6.92 Å².